The third kappa shape index (κ3) is 5.27. The lowest BCUT2D eigenvalue weighted by Crippen LogP contribution is -2.30. The Balaban J connectivity index is 3.76. The van der Waals surface area contributed by atoms with Crippen LogP contribution in [0.1, 0.15) is 34.6 Å². The van der Waals surface area contributed by atoms with Crippen molar-refractivity contribution in [1.29, 1.82) is 0 Å². The lowest BCUT2D eigenvalue weighted by Gasteiger charge is -2.32. The Bertz CT molecular complexity index is 127. The summed E-state index contributed by atoms with van der Waals surface area (Å²) in [6, 6.07) is 0. The van der Waals surface area contributed by atoms with Gasteiger partial charge in [0.05, 0.1) is 19.3 Å². The van der Waals surface area contributed by atoms with E-state index in [-0.39, 0.29) is 0 Å². The molecular formula is C11H24O2. The SMILES string of the molecule is COCCO[C@H](C)[C@H](C)C(C)(C)C. The van der Waals surface area contributed by atoms with Gasteiger partial charge >= 0.3 is 0 Å². The highest BCUT2D eigenvalue weighted by Gasteiger charge is 2.25. The largest absolute Gasteiger partial charge is 0.382 e. The minimum Gasteiger partial charge on any atom is -0.382 e. The van der Waals surface area contributed by atoms with Gasteiger partial charge in [0.15, 0.2) is 0 Å². The van der Waals surface area contributed by atoms with Crippen molar-refractivity contribution in [1.82, 2.24) is 0 Å². The van der Waals surface area contributed by atoms with Crippen molar-refractivity contribution < 1.29 is 9.47 Å². The fourth-order valence-corrected chi connectivity index (χ4v) is 1.17. The third-order valence-electron chi connectivity index (χ3n) is 2.74. The van der Waals surface area contributed by atoms with Gasteiger partial charge in [0, 0.05) is 7.11 Å². The predicted molar refractivity (Wildman–Crippen MR) is 55.9 cm³/mol. The van der Waals surface area contributed by atoms with Gasteiger partial charge in [-0.15, -0.1) is 0 Å². The number of ether oxygens (including phenoxy) is 2. The van der Waals surface area contributed by atoms with Crippen LogP contribution in [-0.2, 0) is 9.47 Å². The van der Waals surface area contributed by atoms with Crippen LogP contribution >= 0.6 is 0 Å². The highest BCUT2D eigenvalue weighted by Crippen LogP contribution is 2.29. The monoisotopic (exact) mass is 188 g/mol. The van der Waals surface area contributed by atoms with Crippen molar-refractivity contribution in [2.24, 2.45) is 11.3 Å². The highest BCUT2D eigenvalue weighted by atomic mass is 16.5. The fraction of sp³-hybridized carbons (Fsp3) is 1.00. The molecule has 13 heavy (non-hydrogen) atoms. The Morgan fingerprint density at radius 3 is 2.00 bits per heavy atom. The first-order valence-corrected chi connectivity index (χ1v) is 5.00. The minimum atomic E-state index is 0.301. The van der Waals surface area contributed by atoms with Crippen LogP contribution in [-0.4, -0.2) is 26.4 Å². The molecule has 0 aliphatic rings. The molecule has 0 aromatic heterocycles. The zero-order valence-electron chi connectivity index (χ0n) is 9.89. The summed E-state index contributed by atoms with van der Waals surface area (Å²) in [5.41, 5.74) is 0.312. The molecule has 0 rings (SSSR count). The maximum Gasteiger partial charge on any atom is 0.0704 e. The smallest absolute Gasteiger partial charge is 0.0704 e. The van der Waals surface area contributed by atoms with Crippen molar-refractivity contribution >= 4 is 0 Å². The average molecular weight is 188 g/mol. The van der Waals surface area contributed by atoms with Crippen LogP contribution in [0.4, 0.5) is 0 Å². The maximum absolute atomic E-state index is 5.65. The first kappa shape index (κ1) is 12.9. The van der Waals surface area contributed by atoms with Crippen molar-refractivity contribution in [3.05, 3.63) is 0 Å². The fourth-order valence-electron chi connectivity index (χ4n) is 1.17. The van der Waals surface area contributed by atoms with E-state index in [1.165, 1.54) is 0 Å². The van der Waals surface area contributed by atoms with E-state index in [9.17, 15) is 0 Å². The van der Waals surface area contributed by atoms with Crippen LogP contribution in [0.3, 0.4) is 0 Å². The van der Waals surface area contributed by atoms with Gasteiger partial charge in [0.2, 0.25) is 0 Å². The Morgan fingerprint density at radius 2 is 1.62 bits per heavy atom. The van der Waals surface area contributed by atoms with Crippen molar-refractivity contribution in [3.63, 3.8) is 0 Å². The summed E-state index contributed by atoms with van der Waals surface area (Å²) < 4.78 is 10.6. The number of hydrogen-bond donors (Lipinski definition) is 0. The highest BCUT2D eigenvalue weighted by molar-refractivity contribution is 4.74. The second kappa shape index (κ2) is 5.61. The topological polar surface area (TPSA) is 18.5 Å². The van der Waals surface area contributed by atoms with Gasteiger partial charge in [0.1, 0.15) is 0 Å². The average Bonchev–Trinajstić information content (AvgIpc) is 2.01. The van der Waals surface area contributed by atoms with Gasteiger partial charge in [-0.3, -0.25) is 0 Å². The molecule has 0 radical (unpaired) electrons. The lowest BCUT2D eigenvalue weighted by atomic mass is 9.79. The second-order valence-corrected chi connectivity index (χ2v) is 4.72. The number of rotatable bonds is 5. The van der Waals surface area contributed by atoms with Crippen molar-refractivity contribution in [2.75, 3.05) is 20.3 Å². The zero-order chi connectivity index (χ0) is 10.5. The Labute approximate surface area is 82.6 Å². The summed E-state index contributed by atoms with van der Waals surface area (Å²) in [5, 5.41) is 0. The van der Waals surface area contributed by atoms with Crippen LogP contribution in [0.25, 0.3) is 0 Å². The molecular weight excluding hydrogens is 164 g/mol. The summed E-state index contributed by atoms with van der Waals surface area (Å²) in [6.45, 7) is 12.5. The Hall–Kier alpha value is -0.0800. The Kier molecular flexibility index (Phi) is 5.57. The normalized spacial score (nSPS) is 17.1. The molecule has 0 aliphatic carbocycles. The van der Waals surface area contributed by atoms with Gasteiger partial charge in [-0.05, 0) is 18.3 Å². The van der Waals surface area contributed by atoms with E-state index in [4.69, 9.17) is 9.47 Å². The Morgan fingerprint density at radius 1 is 1.08 bits per heavy atom. The molecule has 0 heterocycles. The summed E-state index contributed by atoms with van der Waals surface area (Å²) in [7, 11) is 1.70. The molecule has 0 saturated carbocycles. The number of hydrogen-bond acceptors (Lipinski definition) is 2. The maximum atomic E-state index is 5.65. The van der Waals surface area contributed by atoms with E-state index in [0.29, 0.717) is 30.7 Å². The molecule has 0 aromatic rings. The molecule has 80 valence electrons. The van der Waals surface area contributed by atoms with E-state index in [1.807, 2.05) is 0 Å². The molecule has 0 bridgehead atoms. The summed E-state index contributed by atoms with van der Waals surface area (Å²) in [4.78, 5) is 0. The summed E-state index contributed by atoms with van der Waals surface area (Å²) >= 11 is 0. The molecule has 0 amide bonds. The molecule has 0 unspecified atom stereocenters. The molecule has 2 heteroatoms. The quantitative estimate of drug-likeness (QED) is 0.618. The van der Waals surface area contributed by atoms with E-state index in [0.717, 1.165) is 0 Å². The first-order chi connectivity index (χ1) is 5.89. The molecule has 2 nitrogen and oxygen atoms in total. The number of methoxy groups -OCH3 is 1. The van der Waals surface area contributed by atoms with E-state index < -0.39 is 0 Å². The molecule has 0 saturated heterocycles. The predicted octanol–water partition coefficient (Wildman–Crippen LogP) is 2.72. The van der Waals surface area contributed by atoms with Gasteiger partial charge in [-0.25, -0.2) is 0 Å². The third-order valence-corrected chi connectivity index (χ3v) is 2.74. The van der Waals surface area contributed by atoms with Crippen LogP contribution in [0.5, 0.6) is 0 Å². The van der Waals surface area contributed by atoms with Crippen LogP contribution in [0.15, 0.2) is 0 Å². The van der Waals surface area contributed by atoms with Crippen molar-refractivity contribution in [3.8, 4) is 0 Å². The molecule has 0 spiro atoms. The standard InChI is InChI=1S/C11H24O2/c1-9(11(3,4)5)10(2)13-8-7-12-6/h9-10H,7-8H2,1-6H3/t9-,10+/m0/s1. The van der Waals surface area contributed by atoms with Gasteiger partial charge in [0.25, 0.3) is 0 Å². The molecule has 2 atom stereocenters. The molecule has 0 aromatic carbocycles. The summed E-state index contributed by atoms with van der Waals surface area (Å²) in [5.74, 6) is 0.560. The second-order valence-electron chi connectivity index (χ2n) is 4.72. The van der Waals surface area contributed by atoms with Crippen LogP contribution < -0.4 is 0 Å². The van der Waals surface area contributed by atoms with Crippen LogP contribution in [0.2, 0.25) is 0 Å². The first-order valence-electron chi connectivity index (χ1n) is 5.00. The summed E-state index contributed by atoms with van der Waals surface area (Å²) in [6.07, 6.45) is 0.301. The minimum absolute atomic E-state index is 0.301. The van der Waals surface area contributed by atoms with E-state index >= 15 is 0 Å². The van der Waals surface area contributed by atoms with Gasteiger partial charge in [-0.2, -0.15) is 0 Å². The molecule has 0 N–H and O–H groups in total. The van der Waals surface area contributed by atoms with E-state index in [2.05, 4.69) is 34.6 Å². The van der Waals surface area contributed by atoms with Gasteiger partial charge < -0.3 is 9.47 Å². The van der Waals surface area contributed by atoms with Crippen molar-refractivity contribution in [2.45, 2.75) is 40.7 Å². The molecule has 0 fully saturated rings. The zero-order valence-corrected chi connectivity index (χ0v) is 9.89. The van der Waals surface area contributed by atoms with Gasteiger partial charge in [-0.1, -0.05) is 27.7 Å². The van der Waals surface area contributed by atoms with E-state index in [1.54, 1.807) is 7.11 Å². The van der Waals surface area contributed by atoms with Crippen LogP contribution in [0, 0.1) is 11.3 Å². The molecule has 0 aliphatic heterocycles. The lowest BCUT2D eigenvalue weighted by molar-refractivity contribution is -0.0254.